The van der Waals surface area contributed by atoms with Crippen molar-refractivity contribution in [2.45, 2.75) is 0 Å². The van der Waals surface area contributed by atoms with Crippen molar-refractivity contribution in [2.24, 2.45) is 5.73 Å². The van der Waals surface area contributed by atoms with E-state index in [9.17, 15) is 4.79 Å². The number of fused-ring (bicyclic) bond motifs is 1. The number of carbonyl (C=O) groups excluding carboxylic acids is 1. The number of hydrogen-bond acceptors (Lipinski definition) is 3. The highest BCUT2D eigenvalue weighted by Crippen LogP contribution is 2.22. The predicted molar refractivity (Wildman–Crippen MR) is 62.6 cm³/mol. The van der Waals surface area contributed by atoms with Crippen LogP contribution in [0, 0.1) is 0 Å². The average molecular weight is 251 g/mol. The Morgan fingerprint density at radius 2 is 2.14 bits per heavy atom. The maximum absolute atomic E-state index is 10.8. The molecule has 14 heavy (non-hydrogen) atoms. The first-order valence-corrected chi connectivity index (χ1v) is 4.23. The maximum Gasteiger partial charge on any atom is 0.258 e. The topological polar surface area (TPSA) is 56.0 Å². The van der Waals surface area contributed by atoms with Gasteiger partial charge in [0.1, 0.15) is 4.83 Å². The number of halogens is 2. The maximum atomic E-state index is 10.8. The molecule has 0 saturated carbocycles. The number of aromatic nitrogens is 1. The molecule has 76 valence electrons. The lowest BCUT2D eigenvalue weighted by atomic mass is 10.3. The van der Waals surface area contributed by atoms with E-state index >= 15 is 0 Å². The number of primary amides is 1. The first-order chi connectivity index (χ1) is 5.77. The van der Waals surface area contributed by atoms with Crippen LogP contribution >= 0.6 is 36.2 Å². The van der Waals surface area contributed by atoms with Gasteiger partial charge in [-0.3, -0.25) is 4.79 Å². The number of nitrogens with two attached hydrogens (primary N) is 1. The lowest BCUT2D eigenvalue weighted by Crippen LogP contribution is -2.07. The van der Waals surface area contributed by atoms with Crippen molar-refractivity contribution < 1.29 is 4.79 Å². The molecule has 2 aromatic rings. The van der Waals surface area contributed by atoms with Crippen LogP contribution in [-0.2, 0) is 0 Å². The highest BCUT2D eigenvalue weighted by Gasteiger charge is 2.05. The summed E-state index contributed by atoms with van der Waals surface area (Å²) in [5.41, 5.74) is 5.12. The van der Waals surface area contributed by atoms with Crippen LogP contribution in [0.15, 0.2) is 24.4 Å². The minimum Gasteiger partial charge on any atom is -0.365 e. The summed E-state index contributed by atoms with van der Waals surface area (Å²) in [6.45, 7) is 0. The van der Waals surface area contributed by atoms with Crippen LogP contribution in [0.2, 0.25) is 0 Å². The summed E-state index contributed by atoms with van der Waals surface area (Å²) < 4.78 is 0. The molecule has 0 aromatic carbocycles. The predicted octanol–water partition coefficient (Wildman–Crippen LogP) is 2.24. The molecule has 0 aliphatic heterocycles. The first-order valence-electron chi connectivity index (χ1n) is 3.42. The Morgan fingerprint density at radius 3 is 2.71 bits per heavy atom. The average Bonchev–Trinajstić information content (AvgIpc) is 2.46. The van der Waals surface area contributed by atoms with Crippen LogP contribution in [0.1, 0.15) is 9.67 Å². The Labute approximate surface area is 97.1 Å². The van der Waals surface area contributed by atoms with Crippen molar-refractivity contribution in [1.82, 2.24) is 4.98 Å². The van der Waals surface area contributed by atoms with Crippen LogP contribution in [-0.4, -0.2) is 10.9 Å². The molecule has 0 radical (unpaired) electrons. The van der Waals surface area contributed by atoms with Gasteiger partial charge in [-0.2, -0.15) is 0 Å². The van der Waals surface area contributed by atoms with Crippen molar-refractivity contribution in [1.29, 1.82) is 0 Å². The van der Waals surface area contributed by atoms with E-state index in [4.69, 9.17) is 5.73 Å². The van der Waals surface area contributed by atoms with Crippen LogP contribution in [0.25, 0.3) is 10.2 Å². The van der Waals surface area contributed by atoms with Crippen LogP contribution in [0.4, 0.5) is 0 Å². The minimum atomic E-state index is -0.391. The van der Waals surface area contributed by atoms with Crippen LogP contribution < -0.4 is 5.73 Å². The Morgan fingerprint density at radius 1 is 1.43 bits per heavy atom. The number of pyridine rings is 1. The molecule has 3 nitrogen and oxygen atoms in total. The molecule has 2 aromatic heterocycles. The lowest BCUT2D eigenvalue weighted by molar-refractivity contribution is 0.100. The summed E-state index contributed by atoms with van der Waals surface area (Å²) >= 11 is 1.32. The molecule has 6 heteroatoms. The van der Waals surface area contributed by atoms with Crippen LogP contribution in [0.5, 0.6) is 0 Å². The van der Waals surface area contributed by atoms with E-state index in [0.29, 0.717) is 4.88 Å². The zero-order valence-electron chi connectivity index (χ0n) is 6.97. The molecule has 0 bridgehead atoms. The van der Waals surface area contributed by atoms with Gasteiger partial charge in [0.25, 0.3) is 5.91 Å². The molecule has 0 aliphatic carbocycles. The van der Waals surface area contributed by atoms with Gasteiger partial charge in [-0.05, 0) is 12.1 Å². The van der Waals surface area contributed by atoms with Gasteiger partial charge in [0, 0.05) is 11.6 Å². The number of rotatable bonds is 1. The second-order valence-electron chi connectivity index (χ2n) is 2.37. The van der Waals surface area contributed by atoms with Crippen LogP contribution in [0.3, 0.4) is 0 Å². The third kappa shape index (κ3) is 2.35. The molecule has 2 heterocycles. The van der Waals surface area contributed by atoms with Gasteiger partial charge in [-0.15, -0.1) is 36.2 Å². The third-order valence-corrected chi connectivity index (χ3v) is 2.61. The highest BCUT2D eigenvalue weighted by atomic mass is 35.5. The Balaban J connectivity index is 0.000000845. The van der Waals surface area contributed by atoms with Crippen molar-refractivity contribution in [3.05, 3.63) is 29.3 Å². The van der Waals surface area contributed by atoms with Gasteiger partial charge in [-0.25, -0.2) is 4.98 Å². The molecule has 0 atom stereocenters. The van der Waals surface area contributed by atoms with E-state index in [0.717, 1.165) is 10.2 Å². The van der Waals surface area contributed by atoms with Gasteiger partial charge in [0.2, 0.25) is 0 Å². The van der Waals surface area contributed by atoms with Gasteiger partial charge in [0.15, 0.2) is 0 Å². The van der Waals surface area contributed by atoms with Gasteiger partial charge >= 0.3 is 0 Å². The SMILES string of the molecule is Cl.Cl.NC(=O)c1cc2cccnc2s1. The Hall–Kier alpha value is -0.840. The van der Waals surface area contributed by atoms with E-state index in [-0.39, 0.29) is 24.8 Å². The zero-order valence-corrected chi connectivity index (χ0v) is 9.42. The monoisotopic (exact) mass is 250 g/mol. The number of nitrogens with zero attached hydrogens (tertiary/aromatic N) is 1. The Kier molecular flexibility index (Phi) is 4.83. The van der Waals surface area contributed by atoms with Gasteiger partial charge in [0.05, 0.1) is 4.88 Å². The number of carbonyl (C=O) groups is 1. The number of thiophene rings is 1. The summed E-state index contributed by atoms with van der Waals surface area (Å²) in [5, 5.41) is 0.969. The molecule has 0 aliphatic rings. The minimum absolute atomic E-state index is 0. The van der Waals surface area contributed by atoms with E-state index in [1.54, 1.807) is 12.3 Å². The zero-order chi connectivity index (χ0) is 8.55. The van der Waals surface area contributed by atoms with Crippen molar-refractivity contribution in [2.75, 3.05) is 0 Å². The number of amides is 1. The van der Waals surface area contributed by atoms with E-state index < -0.39 is 5.91 Å². The fourth-order valence-electron chi connectivity index (χ4n) is 0.995. The second-order valence-corrected chi connectivity index (χ2v) is 3.40. The summed E-state index contributed by atoms with van der Waals surface area (Å²) in [4.78, 5) is 16.3. The first kappa shape index (κ1) is 13.2. The molecule has 0 saturated heterocycles. The normalized spacial score (nSPS) is 8.86. The quantitative estimate of drug-likeness (QED) is 0.844. The summed E-state index contributed by atoms with van der Waals surface area (Å²) in [6.07, 6.45) is 1.70. The van der Waals surface area contributed by atoms with E-state index in [1.165, 1.54) is 11.3 Å². The molecule has 0 fully saturated rings. The standard InChI is InChI=1S/C8H6N2OS.2ClH/c9-7(11)6-4-5-2-1-3-10-8(5)12-6;;/h1-4H,(H2,9,11);2*1H. The molecule has 2 rings (SSSR count). The lowest BCUT2D eigenvalue weighted by Gasteiger charge is -1.81. The largest absolute Gasteiger partial charge is 0.365 e. The highest BCUT2D eigenvalue weighted by molar-refractivity contribution is 7.20. The van der Waals surface area contributed by atoms with Crippen molar-refractivity contribution in [3.8, 4) is 0 Å². The fourth-order valence-corrected chi connectivity index (χ4v) is 1.85. The number of hydrogen-bond donors (Lipinski definition) is 1. The second kappa shape index (κ2) is 5.14. The summed E-state index contributed by atoms with van der Waals surface area (Å²) in [7, 11) is 0. The fraction of sp³-hybridized carbons (Fsp3) is 0. The molecular formula is C8H8Cl2N2OS. The smallest absolute Gasteiger partial charge is 0.258 e. The van der Waals surface area contributed by atoms with Gasteiger partial charge < -0.3 is 5.73 Å². The van der Waals surface area contributed by atoms with Gasteiger partial charge in [-0.1, -0.05) is 6.07 Å². The van der Waals surface area contributed by atoms with E-state index in [2.05, 4.69) is 4.98 Å². The Bertz CT molecular complexity index is 411. The van der Waals surface area contributed by atoms with Crippen molar-refractivity contribution >= 4 is 52.3 Å². The molecule has 1 amide bonds. The summed E-state index contributed by atoms with van der Waals surface area (Å²) in [6, 6.07) is 5.50. The third-order valence-electron chi connectivity index (χ3n) is 1.54. The molecule has 0 spiro atoms. The van der Waals surface area contributed by atoms with Crippen molar-refractivity contribution in [3.63, 3.8) is 0 Å². The molecular weight excluding hydrogens is 243 g/mol. The summed E-state index contributed by atoms with van der Waals surface area (Å²) in [5.74, 6) is -0.391. The van der Waals surface area contributed by atoms with E-state index in [1.807, 2.05) is 12.1 Å². The molecule has 0 unspecified atom stereocenters. The molecule has 2 N–H and O–H groups in total.